The number of rotatable bonds is 3. The molecule has 0 aliphatic heterocycles. The summed E-state index contributed by atoms with van der Waals surface area (Å²) < 4.78 is 4.87. The molecule has 2 rings (SSSR count). The Balaban J connectivity index is 2.03. The zero-order valence-corrected chi connectivity index (χ0v) is 9.80. The number of nitrogens with two attached hydrogens (primary N) is 2. The van der Waals surface area contributed by atoms with Crippen molar-refractivity contribution >= 4 is 17.3 Å². The molecular weight excluding hydrogens is 234 g/mol. The molecule has 0 unspecified atom stereocenters. The SMILES string of the molecule is Cc1noc(CNC(=O)c2cc(N)cc(N)c2)n1. The Labute approximate surface area is 103 Å². The molecular formula is C11H13N5O2. The molecule has 1 aromatic heterocycles. The lowest BCUT2D eigenvalue weighted by atomic mass is 10.1. The molecule has 7 nitrogen and oxygen atoms in total. The molecule has 0 radical (unpaired) electrons. The first-order valence-electron chi connectivity index (χ1n) is 5.28. The van der Waals surface area contributed by atoms with Crippen molar-refractivity contribution < 1.29 is 9.32 Å². The van der Waals surface area contributed by atoms with Crippen LogP contribution < -0.4 is 16.8 Å². The minimum atomic E-state index is -0.301. The summed E-state index contributed by atoms with van der Waals surface area (Å²) in [6, 6.07) is 4.67. The Morgan fingerprint density at radius 1 is 1.33 bits per heavy atom. The topological polar surface area (TPSA) is 120 Å². The first kappa shape index (κ1) is 11.9. The van der Waals surface area contributed by atoms with Gasteiger partial charge >= 0.3 is 0 Å². The van der Waals surface area contributed by atoms with Gasteiger partial charge in [0.25, 0.3) is 5.91 Å². The number of hydrogen-bond donors (Lipinski definition) is 3. The number of nitrogens with zero attached hydrogens (tertiary/aromatic N) is 2. The van der Waals surface area contributed by atoms with Gasteiger partial charge in [-0.25, -0.2) is 0 Å². The fourth-order valence-corrected chi connectivity index (χ4v) is 1.48. The molecule has 18 heavy (non-hydrogen) atoms. The summed E-state index contributed by atoms with van der Waals surface area (Å²) in [4.78, 5) is 15.8. The van der Waals surface area contributed by atoms with Crippen molar-refractivity contribution in [1.29, 1.82) is 0 Å². The van der Waals surface area contributed by atoms with Crippen LogP contribution in [0.5, 0.6) is 0 Å². The van der Waals surface area contributed by atoms with E-state index in [1.54, 1.807) is 25.1 Å². The largest absolute Gasteiger partial charge is 0.399 e. The second kappa shape index (κ2) is 4.74. The highest BCUT2D eigenvalue weighted by atomic mass is 16.5. The maximum absolute atomic E-state index is 11.8. The van der Waals surface area contributed by atoms with Crippen LogP contribution in [-0.4, -0.2) is 16.0 Å². The second-order valence-corrected chi connectivity index (χ2v) is 3.81. The van der Waals surface area contributed by atoms with Crippen LogP contribution in [0.1, 0.15) is 22.1 Å². The van der Waals surface area contributed by atoms with Crippen molar-refractivity contribution in [2.45, 2.75) is 13.5 Å². The van der Waals surface area contributed by atoms with Crippen molar-refractivity contribution in [3.63, 3.8) is 0 Å². The second-order valence-electron chi connectivity index (χ2n) is 3.81. The molecule has 1 aromatic carbocycles. The first-order valence-corrected chi connectivity index (χ1v) is 5.28. The van der Waals surface area contributed by atoms with Crippen molar-refractivity contribution in [1.82, 2.24) is 15.5 Å². The zero-order chi connectivity index (χ0) is 13.1. The molecule has 2 aromatic rings. The number of carbonyl (C=O) groups is 1. The number of aryl methyl sites for hydroxylation is 1. The summed E-state index contributed by atoms with van der Waals surface area (Å²) in [7, 11) is 0. The Hall–Kier alpha value is -2.57. The maximum Gasteiger partial charge on any atom is 0.251 e. The van der Waals surface area contributed by atoms with Crippen molar-refractivity contribution in [2.24, 2.45) is 0 Å². The number of anilines is 2. The lowest BCUT2D eigenvalue weighted by Gasteiger charge is -2.04. The van der Waals surface area contributed by atoms with Crippen LogP contribution in [0, 0.1) is 6.92 Å². The Kier molecular flexibility index (Phi) is 3.13. The molecule has 5 N–H and O–H groups in total. The average Bonchev–Trinajstić information content (AvgIpc) is 2.70. The van der Waals surface area contributed by atoms with E-state index in [2.05, 4.69) is 15.5 Å². The molecule has 1 heterocycles. The van der Waals surface area contributed by atoms with Crippen LogP contribution in [-0.2, 0) is 6.54 Å². The van der Waals surface area contributed by atoms with Crippen LogP contribution in [0.15, 0.2) is 22.7 Å². The van der Waals surface area contributed by atoms with E-state index in [0.717, 1.165) is 0 Å². The van der Waals surface area contributed by atoms with Gasteiger partial charge in [-0.1, -0.05) is 5.16 Å². The monoisotopic (exact) mass is 247 g/mol. The fraction of sp³-hybridized carbons (Fsp3) is 0.182. The number of benzene rings is 1. The minimum Gasteiger partial charge on any atom is -0.399 e. The molecule has 0 atom stereocenters. The summed E-state index contributed by atoms with van der Waals surface area (Å²) in [5.74, 6) is 0.565. The van der Waals surface area contributed by atoms with E-state index in [-0.39, 0.29) is 12.5 Å². The van der Waals surface area contributed by atoms with Crippen LogP contribution in [0.2, 0.25) is 0 Å². The molecule has 94 valence electrons. The highest BCUT2D eigenvalue weighted by Crippen LogP contribution is 2.13. The predicted octanol–water partition coefficient (Wildman–Crippen LogP) is 0.472. The van der Waals surface area contributed by atoms with Crippen molar-refractivity contribution in [3.05, 3.63) is 35.5 Å². The molecule has 0 saturated heterocycles. The Morgan fingerprint density at radius 2 is 2.00 bits per heavy atom. The van der Waals surface area contributed by atoms with E-state index in [1.807, 2.05) is 0 Å². The molecule has 0 bridgehead atoms. The summed E-state index contributed by atoms with van der Waals surface area (Å²) in [6.07, 6.45) is 0. The van der Waals surface area contributed by atoms with E-state index >= 15 is 0 Å². The first-order chi connectivity index (χ1) is 8.54. The normalized spacial score (nSPS) is 10.3. The van der Waals surface area contributed by atoms with Gasteiger partial charge in [-0.05, 0) is 25.1 Å². The average molecular weight is 247 g/mol. The Bertz CT molecular complexity index is 558. The summed E-state index contributed by atoms with van der Waals surface area (Å²) in [5.41, 5.74) is 12.5. The molecule has 1 amide bonds. The predicted molar refractivity (Wildman–Crippen MR) is 65.5 cm³/mol. The molecule has 0 spiro atoms. The van der Waals surface area contributed by atoms with Crippen LogP contribution in [0.3, 0.4) is 0 Å². The smallest absolute Gasteiger partial charge is 0.251 e. The molecule has 0 aliphatic carbocycles. The van der Waals surface area contributed by atoms with Gasteiger partial charge < -0.3 is 21.3 Å². The standard InChI is InChI=1S/C11H13N5O2/c1-6-15-10(18-16-6)5-14-11(17)7-2-8(12)4-9(13)3-7/h2-4H,5,12-13H2,1H3,(H,14,17). The molecule has 0 saturated carbocycles. The van der Waals surface area contributed by atoms with Gasteiger partial charge in [0.15, 0.2) is 5.82 Å². The summed E-state index contributed by atoms with van der Waals surface area (Å²) in [6.45, 7) is 1.86. The number of amides is 1. The number of nitrogens with one attached hydrogen (secondary N) is 1. The fourth-order valence-electron chi connectivity index (χ4n) is 1.48. The van der Waals surface area contributed by atoms with E-state index in [9.17, 15) is 4.79 Å². The van der Waals surface area contributed by atoms with Crippen LogP contribution in [0.4, 0.5) is 11.4 Å². The highest BCUT2D eigenvalue weighted by molar-refractivity contribution is 5.96. The number of carbonyl (C=O) groups excluding carboxylic acids is 1. The van der Waals surface area contributed by atoms with Gasteiger partial charge in [0.2, 0.25) is 5.89 Å². The zero-order valence-electron chi connectivity index (χ0n) is 9.80. The van der Waals surface area contributed by atoms with Crippen LogP contribution in [0.25, 0.3) is 0 Å². The van der Waals surface area contributed by atoms with E-state index in [4.69, 9.17) is 16.0 Å². The van der Waals surface area contributed by atoms with E-state index < -0.39 is 0 Å². The highest BCUT2D eigenvalue weighted by Gasteiger charge is 2.09. The third-order valence-electron chi connectivity index (χ3n) is 2.21. The third kappa shape index (κ3) is 2.76. The van der Waals surface area contributed by atoms with E-state index in [1.165, 1.54) is 0 Å². The summed E-state index contributed by atoms with van der Waals surface area (Å²) >= 11 is 0. The molecule has 0 fully saturated rings. The minimum absolute atomic E-state index is 0.161. The van der Waals surface area contributed by atoms with Gasteiger partial charge in [0.1, 0.15) is 0 Å². The van der Waals surface area contributed by atoms with Gasteiger partial charge in [-0.2, -0.15) is 4.98 Å². The van der Waals surface area contributed by atoms with E-state index in [0.29, 0.717) is 28.7 Å². The number of hydrogen-bond acceptors (Lipinski definition) is 6. The van der Waals surface area contributed by atoms with Gasteiger partial charge in [0.05, 0.1) is 6.54 Å². The number of nitrogen functional groups attached to an aromatic ring is 2. The van der Waals surface area contributed by atoms with Gasteiger partial charge in [-0.15, -0.1) is 0 Å². The third-order valence-corrected chi connectivity index (χ3v) is 2.21. The van der Waals surface area contributed by atoms with Crippen molar-refractivity contribution in [2.75, 3.05) is 11.5 Å². The molecule has 7 heteroatoms. The molecule has 0 aliphatic rings. The summed E-state index contributed by atoms with van der Waals surface area (Å²) in [5, 5.41) is 6.25. The van der Waals surface area contributed by atoms with Crippen molar-refractivity contribution in [3.8, 4) is 0 Å². The lowest BCUT2D eigenvalue weighted by molar-refractivity contribution is 0.0946. The Morgan fingerprint density at radius 3 is 2.56 bits per heavy atom. The van der Waals surface area contributed by atoms with Crippen LogP contribution >= 0.6 is 0 Å². The van der Waals surface area contributed by atoms with Gasteiger partial charge in [-0.3, -0.25) is 4.79 Å². The quantitative estimate of drug-likeness (QED) is 0.678. The number of aromatic nitrogens is 2. The van der Waals surface area contributed by atoms with Gasteiger partial charge in [0, 0.05) is 16.9 Å². The lowest BCUT2D eigenvalue weighted by Crippen LogP contribution is -2.23. The maximum atomic E-state index is 11.8.